The molecule has 6 atom stereocenters. The molecule has 16 nitrogen and oxygen atoms in total. The summed E-state index contributed by atoms with van der Waals surface area (Å²) in [6.45, 7) is 1.70. The number of benzene rings is 5. The molecule has 4 saturated heterocycles. The molecular formula is C64H72F12N6O10. The molecule has 0 aliphatic carbocycles. The summed E-state index contributed by atoms with van der Waals surface area (Å²) < 4.78 is 191. The van der Waals surface area contributed by atoms with Crippen molar-refractivity contribution in [1.82, 2.24) is 30.7 Å². The van der Waals surface area contributed by atoms with Gasteiger partial charge < -0.3 is 38.8 Å². The number of carbonyl (C=O) groups is 5. The number of imide groups is 2. The highest BCUT2D eigenvalue weighted by atomic mass is 19.4. The van der Waals surface area contributed by atoms with E-state index in [0.717, 1.165) is 5.56 Å². The second-order valence-corrected chi connectivity index (χ2v) is 22.6. The largest absolute Gasteiger partial charge is 0.445 e. The van der Waals surface area contributed by atoms with E-state index in [1.54, 1.807) is 78.9 Å². The first-order valence-electron chi connectivity index (χ1n) is 28.1. The van der Waals surface area contributed by atoms with Gasteiger partial charge in [-0.25, -0.2) is 14.4 Å². The van der Waals surface area contributed by atoms with E-state index in [0.29, 0.717) is 48.2 Å². The van der Waals surface area contributed by atoms with Crippen LogP contribution in [0.4, 0.5) is 67.1 Å². The second kappa shape index (κ2) is 29.0. The molecular weight excluding hydrogens is 1240 g/mol. The standard InChI is InChI=1S/C35H35F6N3O6.C27H29F6N3O4.2CH4/c1-23(25-15-27(34(36,37)38)17-28(16-25)35(39,40)41)50-22-33(26-11-7-4-8-12-26)14-13-32(21-48-2,43-18-29(45)42-30(43)46)20-44(33)31(47)49-19-24-9-5-3-6-10-24;1-17(18-10-20(26(28,29)30)12-21(11-18)27(31,32)33)40-16-25(19-6-4-3-5-7-19)9-8-24(14-34-25,15-39-2)36-13-22(37)35-23(36)38;;/h3-12,15-17,23H,13-14,18-22H2,1-2H3,(H,42,45,46);3-7,10-12,17,34H,8-9,13-16H2,1-2H3,(H,35,37,38);2*1H4/t23-,32+,33-;17-,24+,25-;;/m11../s1. The van der Waals surface area contributed by atoms with Crippen molar-refractivity contribution < 1.29 is 100 Å². The fraction of sp³-hybridized carbons (Fsp3) is 0.453. The van der Waals surface area contributed by atoms with Crippen LogP contribution in [-0.4, -0.2) is 123 Å². The number of nitrogens with zero attached hydrogens (tertiary/aromatic N) is 3. The van der Waals surface area contributed by atoms with Crippen LogP contribution < -0.4 is 16.0 Å². The molecule has 0 unspecified atom stereocenters. The highest BCUT2D eigenvalue weighted by molar-refractivity contribution is 6.03. The molecule has 4 aliphatic rings. The lowest BCUT2D eigenvalue weighted by Crippen LogP contribution is -2.68. The number of likely N-dealkylation sites (tertiary alicyclic amines) is 1. The van der Waals surface area contributed by atoms with Crippen molar-refractivity contribution >= 4 is 30.0 Å². The summed E-state index contributed by atoms with van der Waals surface area (Å²) in [4.78, 5) is 67.9. The highest BCUT2D eigenvalue weighted by Crippen LogP contribution is 2.47. The molecule has 7 amide bonds. The average molecular weight is 1310 g/mol. The summed E-state index contributed by atoms with van der Waals surface area (Å²) in [6.07, 6.45) is -22.3. The third kappa shape index (κ3) is 16.5. The molecule has 4 aliphatic heterocycles. The van der Waals surface area contributed by atoms with Crippen LogP contribution in [0, 0.1) is 0 Å². The summed E-state index contributed by atoms with van der Waals surface area (Å²) >= 11 is 0. The van der Waals surface area contributed by atoms with Crippen LogP contribution in [0.3, 0.4) is 0 Å². The summed E-state index contributed by atoms with van der Waals surface area (Å²) in [7, 11) is 2.88. The van der Waals surface area contributed by atoms with Crippen LogP contribution in [-0.2, 0) is 75.7 Å². The minimum absolute atomic E-state index is 0. The van der Waals surface area contributed by atoms with Crippen molar-refractivity contribution in [3.63, 3.8) is 0 Å². The Bertz CT molecular complexity index is 3290. The number of rotatable bonds is 18. The fourth-order valence-electron chi connectivity index (χ4n) is 11.8. The number of piperidine rings is 2. The minimum Gasteiger partial charge on any atom is -0.445 e. The van der Waals surface area contributed by atoms with Gasteiger partial charge in [-0.3, -0.25) is 25.1 Å². The van der Waals surface area contributed by atoms with E-state index in [4.69, 9.17) is 23.7 Å². The maximum Gasteiger partial charge on any atom is 0.416 e. The number of alkyl halides is 12. The predicted octanol–water partition coefficient (Wildman–Crippen LogP) is 13.4. The molecule has 502 valence electrons. The lowest BCUT2D eigenvalue weighted by Gasteiger charge is -2.55. The first kappa shape index (κ1) is 73.3. The summed E-state index contributed by atoms with van der Waals surface area (Å²) in [5.74, 6) is -0.975. The minimum atomic E-state index is -5.06. The molecule has 0 spiro atoms. The van der Waals surface area contributed by atoms with E-state index in [1.807, 2.05) is 12.1 Å². The quantitative estimate of drug-likeness (QED) is 0.0562. The van der Waals surface area contributed by atoms with E-state index >= 15 is 0 Å². The molecule has 4 heterocycles. The van der Waals surface area contributed by atoms with Gasteiger partial charge in [0.15, 0.2) is 0 Å². The molecule has 0 aromatic heterocycles. The summed E-state index contributed by atoms with van der Waals surface area (Å²) in [5.41, 5.74) is -8.79. The van der Waals surface area contributed by atoms with Crippen LogP contribution in [0.1, 0.15) is 117 Å². The normalized spacial score (nSPS) is 22.7. The first-order valence-corrected chi connectivity index (χ1v) is 28.1. The van der Waals surface area contributed by atoms with Gasteiger partial charge in [-0.05, 0) is 104 Å². The molecule has 4 fully saturated rings. The summed E-state index contributed by atoms with van der Waals surface area (Å²) in [6, 6.07) is 27.9. The number of urea groups is 2. The summed E-state index contributed by atoms with van der Waals surface area (Å²) in [5, 5.41) is 7.94. The number of nitrogens with one attached hydrogen (secondary N) is 3. The Balaban J connectivity index is 0.000000293. The number of hydrogen-bond donors (Lipinski definition) is 3. The first-order chi connectivity index (χ1) is 42.3. The molecule has 5 aromatic carbocycles. The van der Waals surface area contributed by atoms with E-state index in [2.05, 4.69) is 16.0 Å². The van der Waals surface area contributed by atoms with Crippen LogP contribution in [0.5, 0.6) is 0 Å². The Morgan fingerprint density at radius 2 is 0.924 bits per heavy atom. The maximum atomic E-state index is 14.2. The topological polar surface area (TPSA) is 177 Å². The third-order valence-corrected chi connectivity index (χ3v) is 16.7. The van der Waals surface area contributed by atoms with Gasteiger partial charge in [0.05, 0.1) is 89.6 Å². The van der Waals surface area contributed by atoms with Crippen molar-refractivity contribution in [3.8, 4) is 0 Å². The maximum absolute atomic E-state index is 14.2. The smallest absolute Gasteiger partial charge is 0.416 e. The van der Waals surface area contributed by atoms with E-state index in [9.17, 15) is 76.7 Å². The molecule has 92 heavy (non-hydrogen) atoms. The number of hydrogen-bond acceptors (Lipinski definition) is 11. The van der Waals surface area contributed by atoms with Crippen molar-refractivity contribution in [2.24, 2.45) is 0 Å². The Kier molecular flexibility index (Phi) is 23.1. The van der Waals surface area contributed by atoms with Crippen molar-refractivity contribution in [2.45, 2.75) is 120 Å². The lowest BCUT2D eigenvalue weighted by atomic mass is 9.74. The van der Waals surface area contributed by atoms with E-state index < -0.39 is 111 Å². The zero-order chi connectivity index (χ0) is 65.7. The monoisotopic (exact) mass is 1310 g/mol. The van der Waals surface area contributed by atoms with Gasteiger partial charge >= 0.3 is 42.9 Å². The average Bonchev–Trinajstić information content (AvgIpc) is 1.08. The predicted molar refractivity (Wildman–Crippen MR) is 311 cm³/mol. The molecule has 0 bridgehead atoms. The number of methoxy groups -OCH3 is 2. The van der Waals surface area contributed by atoms with E-state index in [1.165, 1.54) is 42.8 Å². The van der Waals surface area contributed by atoms with E-state index in [-0.39, 0.29) is 110 Å². The Labute approximate surface area is 523 Å². The van der Waals surface area contributed by atoms with Crippen LogP contribution in [0.25, 0.3) is 0 Å². The highest BCUT2D eigenvalue weighted by Gasteiger charge is 2.57. The van der Waals surface area contributed by atoms with Crippen molar-refractivity contribution in [1.29, 1.82) is 0 Å². The zero-order valence-electron chi connectivity index (χ0n) is 48.9. The van der Waals surface area contributed by atoms with Gasteiger partial charge in [-0.15, -0.1) is 0 Å². The van der Waals surface area contributed by atoms with Gasteiger partial charge in [-0.1, -0.05) is 106 Å². The second-order valence-electron chi connectivity index (χ2n) is 22.6. The SMILES string of the molecule is C.C.COC[C@]1(N2CC(=O)NC2=O)CC[C@@](CO[C@H](C)c2cc(C(F)(F)F)cc(C(F)(F)F)c2)(c2ccccc2)N(C(=O)OCc2ccccc2)C1.COC[C@]1(N2CC(=O)NC2=O)CC[C@@](CO[C@H](C)c2cc(C(F)(F)F)cc(C(F)(F)F)c2)(c2ccccc2)NC1. The lowest BCUT2D eigenvalue weighted by molar-refractivity contribution is -0.145. The van der Waals surface area contributed by atoms with Gasteiger partial charge in [0, 0.05) is 20.8 Å². The molecule has 0 saturated carbocycles. The van der Waals surface area contributed by atoms with Gasteiger partial charge in [0.2, 0.25) is 11.8 Å². The zero-order valence-corrected chi connectivity index (χ0v) is 48.9. The van der Waals surface area contributed by atoms with Crippen LogP contribution in [0.2, 0.25) is 0 Å². The Hall–Kier alpha value is -7.79. The number of halogens is 12. The van der Waals surface area contributed by atoms with Crippen LogP contribution in [0.15, 0.2) is 127 Å². The molecule has 28 heteroatoms. The van der Waals surface area contributed by atoms with Gasteiger partial charge in [0.25, 0.3) is 0 Å². The van der Waals surface area contributed by atoms with Crippen molar-refractivity contribution in [3.05, 3.63) is 177 Å². The van der Waals surface area contributed by atoms with Gasteiger partial charge in [0.1, 0.15) is 19.7 Å². The Morgan fingerprint density at radius 3 is 1.33 bits per heavy atom. The molecule has 5 aromatic rings. The molecule has 9 rings (SSSR count). The van der Waals surface area contributed by atoms with Crippen molar-refractivity contribution in [2.75, 3.05) is 66.8 Å². The van der Waals surface area contributed by atoms with Gasteiger partial charge in [-0.2, -0.15) is 52.7 Å². The molecule has 3 N–H and O–H groups in total. The number of amides is 7. The number of carbonyl (C=O) groups excluding carboxylic acids is 5. The number of ether oxygens (including phenoxy) is 5. The molecule has 0 radical (unpaired) electrons. The Morgan fingerprint density at radius 1 is 0.522 bits per heavy atom. The van der Waals surface area contributed by atoms with Crippen LogP contribution >= 0.6 is 0 Å². The third-order valence-electron chi connectivity index (χ3n) is 16.7. The fourth-order valence-corrected chi connectivity index (χ4v) is 11.8.